The van der Waals surface area contributed by atoms with E-state index in [9.17, 15) is 15.0 Å². The monoisotopic (exact) mass is 403 g/mol. The molecule has 0 unspecified atom stereocenters. The van der Waals surface area contributed by atoms with Crippen molar-refractivity contribution in [2.75, 3.05) is 12.5 Å². The van der Waals surface area contributed by atoms with E-state index >= 15 is 0 Å². The van der Waals surface area contributed by atoms with Gasteiger partial charge < -0.3 is 14.9 Å². The van der Waals surface area contributed by atoms with Gasteiger partial charge in [0, 0.05) is 17.8 Å². The van der Waals surface area contributed by atoms with Crippen molar-refractivity contribution in [2.24, 2.45) is 5.10 Å². The van der Waals surface area contributed by atoms with Crippen LogP contribution >= 0.6 is 0 Å². The van der Waals surface area contributed by atoms with E-state index in [1.165, 1.54) is 29.0 Å². The van der Waals surface area contributed by atoms with Crippen molar-refractivity contribution < 1.29 is 14.9 Å². The molecule has 0 saturated heterocycles. The van der Waals surface area contributed by atoms with Gasteiger partial charge >= 0.3 is 5.56 Å². The van der Waals surface area contributed by atoms with E-state index in [-0.39, 0.29) is 17.3 Å². The first-order valence-electron chi connectivity index (χ1n) is 8.90. The highest BCUT2D eigenvalue weighted by molar-refractivity contribution is 5.84. The molecule has 0 aliphatic heterocycles. The second-order valence-electron chi connectivity index (χ2n) is 6.26. The Morgan fingerprint density at radius 2 is 1.93 bits per heavy atom. The number of aromatic nitrogens is 3. The average molecular weight is 403 g/mol. The maximum absolute atomic E-state index is 13.1. The Morgan fingerprint density at radius 1 is 1.13 bits per heavy atom. The summed E-state index contributed by atoms with van der Waals surface area (Å²) < 4.78 is 6.60. The van der Waals surface area contributed by atoms with E-state index in [1.807, 2.05) is 0 Å². The molecule has 30 heavy (non-hydrogen) atoms. The number of hydrazone groups is 1. The molecule has 4 aromatic rings. The van der Waals surface area contributed by atoms with Crippen LogP contribution in [0.15, 0.2) is 70.7 Å². The third kappa shape index (κ3) is 3.63. The Kier molecular flexibility index (Phi) is 5.00. The minimum atomic E-state index is -0.446. The molecule has 4 rings (SSSR count). The molecular formula is C21H17N5O4. The number of benzene rings is 2. The highest BCUT2D eigenvalue weighted by Crippen LogP contribution is 2.21. The van der Waals surface area contributed by atoms with E-state index in [0.717, 1.165) is 0 Å². The number of rotatable bonds is 5. The van der Waals surface area contributed by atoms with Crippen molar-refractivity contribution in [2.45, 2.75) is 0 Å². The Hall–Kier alpha value is -4.40. The number of hydrogen-bond acceptors (Lipinski definition) is 8. The third-order valence-electron chi connectivity index (χ3n) is 4.33. The van der Waals surface area contributed by atoms with Crippen LogP contribution in [0.5, 0.6) is 17.2 Å². The number of anilines is 1. The van der Waals surface area contributed by atoms with Crippen LogP contribution in [0, 0.1) is 0 Å². The van der Waals surface area contributed by atoms with Crippen LogP contribution in [0.1, 0.15) is 5.56 Å². The van der Waals surface area contributed by atoms with Crippen molar-refractivity contribution in [3.63, 3.8) is 0 Å². The van der Waals surface area contributed by atoms with Crippen molar-refractivity contribution in [1.29, 1.82) is 0 Å². The number of hydrogen-bond donors (Lipinski definition) is 3. The lowest BCUT2D eigenvalue weighted by molar-refractivity contribution is 0.414. The molecule has 0 fully saturated rings. The summed E-state index contributed by atoms with van der Waals surface area (Å²) in [5, 5.41) is 23.2. The van der Waals surface area contributed by atoms with Crippen LogP contribution in [0.4, 0.5) is 5.82 Å². The first kappa shape index (κ1) is 18.9. The molecule has 9 heteroatoms. The summed E-state index contributed by atoms with van der Waals surface area (Å²) in [6, 6.07) is 14.5. The largest absolute Gasteiger partial charge is 0.508 e. The first-order valence-corrected chi connectivity index (χ1v) is 8.90. The number of phenols is 2. The van der Waals surface area contributed by atoms with Gasteiger partial charge in [-0.05, 0) is 48.5 Å². The molecule has 0 aliphatic carbocycles. The zero-order valence-corrected chi connectivity index (χ0v) is 15.9. The topological polar surface area (TPSA) is 122 Å². The molecule has 0 saturated carbocycles. The lowest BCUT2D eigenvalue weighted by Gasteiger charge is -2.11. The van der Waals surface area contributed by atoms with E-state index < -0.39 is 5.56 Å². The predicted molar refractivity (Wildman–Crippen MR) is 113 cm³/mol. The van der Waals surface area contributed by atoms with Gasteiger partial charge in [0.25, 0.3) is 0 Å². The van der Waals surface area contributed by atoms with Crippen LogP contribution in [-0.2, 0) is 0 Å². The molecule has 2 aromatic heterocycles. The summed E-state index contributed by atoms with van der Waals surface area (Å²) in [4.78, 5) is 21.7. The maximum Gasteiger partial charge on any atom is 0.301 e. The van der Waals surface area contributed by atoms with Gasteiger partial charge in [-0.25, -0.2) is 9.97 Å². The number of nitrogens with zero attached hydrogens (tertiary/aromatic N) is 4. The van der Waals surface area contributed by atoms with Gasteiger partial charge in [-0.15, -0.1) is 0 Å². The molecule has 2 aromatic carbocycles. The predicted octanol–water partition coefficient (Wildman–Crippen LogP) is 2.65. The lowest BCUT2D eigenvalue weighted by Crippen LogP contribution is -2.23. The summed E-state index contributed by atoms with van der Waals surface area (Å²) >= 11 is 0. The zero-order chi connectivity index (χ0) is 21.1. The van der Waals surface area contributed by atoms with Gasteiger partial charge in [0.2, 0.25) is 5.82 Å². The van der Waals surface area contributed by atoms with E-state index in [2.05, 4.69) is 20.5 Å². The number of nitrogens with one attached hydrogen (secondary N) is 1. The fourth-order valence-electron chi connectivity index (χ4n) is 2.87. The minimum absolute atomic E-state index is 0.0131. The summed E-state index contributed by atoms with van der Waals surface area (Å²) in [6.45, 7) is 0. The van der Waals surface area contributed by atoms with Gasteiger partial charge in [-0.3, -0.25) is 14.8 Å². The molecule has 0 aliphatic rings. The normalized spacial score (nSPS) is 11.1. The molecule has 2 heterocycles. The van der Waals surface area contributed by atoms with Gasteiger partial charge in [-0.2, -0.15) is 5.10 Å². The Labute approximate surface area is 170 Å². The van der Waals surface area contributed by atoms with Crippen molar-refractivity contribution in [3.8, 4) is 22.9 Å². The fourth-order valence-corrected chi connectivity index (χ4v) is 2.87. The molecule has 150 valence electrons. The molecule has 0 radical (unpaired) electrons. The van der Waals surface area contributed by atoms with Crippen LogP contribution in [0.3, 0.4) is 0 Å². The minimum Gasteiger partial charge on any atom is -0.508 e. The van der Waals surface area contributed by atoms with Gasteiger partial charge in [-0.1, -0.05) is 0 Å². The van der Waals surface area contributed by atoms with Crippen molar-refractivity contribution in [3.05, 3.63) is 76.7 Å². The second kappa shape index (κ2) is 7.92. The number of pyridine rings is 1. The average Bonchev–Trinajstić information content (AvgIpc) is 2.76. The molecular weight excluding hydrogens is 386 g/mol. The number of ether oxygens (including phenoxy) is 1. The number of aromatic hydroxyl groups is 2. The summed E-state index contributed by atoms with van der Waals surface area (Å²) in [6.07, 6.45) is 2.91. The quantitative estimate of drug-likeness (QED) is 0.346. The lowest BCUT2D eigenvalue weighted by atomic mass is 10.2. The van der Waals surface area contributed by atoms with Crippen molar-refractivity contribution in [1.82, 2.24) is 14.5 Å². The molecule has 0 bridgehead atoms. The van der Waals surface area contributed by atoms with E-state index in [4.69, 9.17) is 4.74 Å². The Balaban J connectivity index is 1.76. The molecule has 3 N–H and O–H groups in total. The summed E-state index contributed by atoms with van der Waals surface area (Å²) in [5.41, 5.74) is 4.03. The van der Waals surface area contributed by atoms with Gasteiger partial charge in [0.1, 0.15) is 22.8 Å². The van der Waals surface area contributed by atoms with Gasteiger partial charge in [0.05, 0.1) is 19.0 Å². The highest BCUT2D eigenvalue weighted by atomic mass is 16.5. The fraction of sp³-hybridized carbons (Fsp3) is 0.0476. The number of fused-ring (bicyclic) bond motifs is 1. The molecule has 0 amide bonds. The molecule has 0 atom stereocenters. The standard InChI is InChI=1S/C21H17N5O4/c1-30-16-8-5-14(6-9-16)26-20-17(3-2-10-22-20)24-19(21(26)29)25-23-12-13-4-7-15(27)11-18(13)28/h2-12,27-28H,1H3,(H,24,25)/b23-12+. The zero-order valence-electron chi connectivity index (χ0n) is 15.9. The van der Waals surface area contributed by atoms with Crippen molar-refractivity contribution >= 4 is 23.2 Å². The smallest absolute Gasteiger partial charge is 0.301 e. The molecule has 9 nitrogen and oxygen atoms in total. The highest BCUT2D eigenvalue weighted by Gasteiger charge is 2.13. The van der Waals surface area contributed by atoms with Gasteiger partial charge in [0.15, 0.2) is 5.65 Å². The SMILES string of the molecule is COc1ccc(-n2c(=O)c(N/N=C/c3ccc(O)cc3O)nc3cccnc32)cc1. The van der Waals surface area contributed by atoms with Crippen LogP contribution in [0.25, 0.3) is 16.9 Å². The van der Waals surface area contributed by atoms with E-state index in [1.54, 1.807) is 49.7 Å². The summed E-state index contributed by atoms with van der Waals surface area (Å²) in [7, 11) is 1.57. The van der Waals surface area contributed by atoms with Crippen LogP contribution in [-0.4, -0.2) is 38.1 Å². The Bertz CT molecular complexity index is 1300. The third-order valence-corrected chi connectivity index (χ3v) is 4.33. The summed E-state index contributed by atoms with van der Waals surface area (Å²) in [5.74, 6) is 0.436. The number of phenolic OH excluding ortho intramolecular Hbond substituents is 2. The number of methoxy groups -OCH3 is 1. The van der Waals surface area contributed by atoms with Crippen LogP contribution < -0.4 is 15.7 Å². The maximum atomic E-state index is 13.1. The first-order chi connectivity index (χ1) is 14.6. The van der Waals surface area contributed by atoms with E-state index in [0.29, 0.717) is 28.2 Å². The van der Waals surface area contributed by atoms with Crippen LogP contribution in [0.2, 0.25) is 0 Å². The Morgan fingerprint density at radius 3 is 2.67 bits per heavy atom. The second-order valence-corrected chi connectivity index (χ2v) is 6.26. The molecule has 0 spiro atoms.